The van der Waals surface area contributed by atoms with Gasteiger partial charge in [-0.15, -0.1) is 5.92 Å². The second kappa shape index (κ2) is 12.1. The van der Waals surface area contributed by atoms with Gasteiger partial charge < -0.3 is 0 Å². The van der Waals surface area contributed by atoms with Gasteiger partial charge in [-0.05, 0) is 57.9 Å². The molecule has 2 rings (SSSR count). The maximum atomic E-state index is 4.94. The van der Waals surface area contributed by atoms with Gasteiger partial charge in [0.1, 0.15) is 0 Å². The van der Waals surface area contributed by atoms with Crippen LogP contribution in [0.4, 0.5) is 0 Å². The van der Waals surface area contributed by atoms with Crippen molar-refractivity contribution in [3.63, 3.8) is 0 Å². The fraction of sp³-hybridized carbons (Fsp3) is 0.316. The third-order valence-electron chi connectivity index (χ3n) is 3.86. The summed E-state index contributed by atoms with van der Waals surface area (Å²) in [7, 11) is 9.89. The molecule has 0 saturated heterocycles. The second-order valence-corrected chi connectivity index (χ2v) is 9.57. The summed E-state index contributed by atoms with van der Waals surface area (Å²) in [4.78, 5) is 0. The Morgan fingerprint density at radius 2 is 1.18 bits per heavy atom. The van der Waals surface area contributed by atoms with Gasteiger partial charge >= 0.3 is 36.0 Å². The van der Waals surface area contributed by atoms with E-state index >= 15 is 0 Å². The Bertz CT molecular complexity index is 550. The normalized spacial score (nSPS) is 13.5. The molecule has 0 aliphatic heterocycles. The zero-order valence-corrected chi connectivity index (χ0v) is 18.8. The number of benzene rings is 1. The molecule has 0 nitrogen and oxygen atoms in total. The molecule has 0 fully saturated rings. The number of rotatable bonds is 0. The molecule has 1 aromatic rings. The van der Waals surface area contributed by atoms with E-state index in [1.54, 1.807) is 0 Å². The molecule has 0 heterocycles. The molecule has 0 N–H and O–H groups in total. The van der Waals surface area contributed by atoms with Crippen LogP contribution in [0, 0.1) is 17.8 Å². The van der Waals surface area contributed by atoms with Crippen LogP contribution in [-0.2, 0) is 17.6 Å². The van der Waals surface area contributed by atoms with Gasteiger partial charge in [0.25, 0.3) is 0 Å². The van der Waals surface area contributed by atoms with E-state index < -0.39 is 17.6 Å². The Hall–Kier alpha value is -0.420. The van der Waals surface area contributed by atoms with E-state index in [4.69, 9.17) is 18.4 Å². The maximum absolute atomic E-state index is 4.94. The summed E-state index contributed by atoms with van der Waals surface area (Å²) in [6.07, 6.45) is 0. The molecular formula is C19H23Cl2Ta. The van der Waals surface area contributed by atoms with Gasteiger partial charge in [0.15, 0.2) is 0 Å². The van der Waals surface area contributed by atoms with Crippen molar-refractivity contribution in [2.75, 3.05) is 0 Å². The van der Waals surface area contributed by atoms with Crippen molar-refractivity contribution in [1.82, 2.24) is 0 Å². The van der Waals surface area contributed by atoms with Crippen LogP contribution in [-0.4, -0.2) is 0 Å². The molecule has 0 unspecified atom stereocenters. The quantitative estimate of drug-likeness (QED) is 0.346. The zero-order chi connectivity index (χ0) is 17.1. The fourth-order valence-corrected chi connectivity index (χ4v) is 2.07. The third-order valence-corrected chi connectivity index (χ3v) is 3.86. The fourth-order valence-electron chi connectivity index (χ4n) is 2.07. The Balaban J connectivity index is 0.000000342. The van der Waals surface area contributed by atoms with E-state index in [9.17, 15) is 0 Å². The predicted molar refractivity (Wildman–Crippen MR) is 96.4 cm³/mol. The molecule has 118 valence electrons. The predicted octanol–water partition coefficient (Wildman–Crippen LogP) is 6.70. The van der Waals surface area contributed by atoms with Crippen LogP contribution in [0.15, 0.2) is 52.6 Å². The van der Waals surface area contributed by atoms with E-state index in [2.05, 4.69) is 46.5 Å². The van der Waals surface area contributed by atoms with Crippen molar-refractivity contribution in [3.8, 4) is 11.8 Å². The molecule has 1 aliphatic rings. The van der Waals surface area contributed by atoms with Gasteiger partial charge in [-0.1, -0.05) is 42.2 Å². The second-order valence-electron chi connectivity index (χ2n) is 4.93. The van der Waals surface area contributed by atoms with Gasteiger partial charge in [0, 0.05) is 11.5 Å². The molecule has 1 radical (unpaired) electrons. The van der Waals surface area contributed by atoms with Crippen molar-refractivity contribution in [2.45, 2.75) is 41.5 Å². The van der Waals surface area contributed by atoms with Crippen LogP contribution in [0.3, 0.4) is 0 Å². The summed E-state index contributed by atoms with van der Waals surface area (Å²) in [6, 6.07) is 9.95. The number of hydrogen-bond acceptors (Lipinski definition) is 0. The van der Waals surface area contributed by atoms with Crippen LogP contribution < -0.4 is 0 Å². The first kappa shape index (κ1) is 21.6. The van der Waals surface area contributed by atoms with E-state index in [1.807, 2.05) is 37.3 Å². The van der Waals surface area contributed by atoms with Gasteiger partial charge in [-0.2, -0.15) is 0 Å². The SMILES string of the molecule is CC#Cc1ccccc1.C[C]1C(C)=C(C)C(C)=C1C.[Cl][Ta][Cl]. The Labute approximate surface area is 153 Å². The molecule has 0 saturated carbocycles. The summed E-state index contributed by atoms with van der Waals surface area (Å²) < 4.78 is 0. The van der Waals surface area contributed by atoms with Crippen LogP contribution in [0.2, 0.25) is 0 Å². The van der Waals surface area contributed by atoms with E-state index in [1.165, 1.54) is 28.2 Å². The first-order valence-corrected chi connectivity index (χ1v) is 15.0. The third kappa shape index (κ3) is 7.23. The Kier molecular flexibility index (Phi) is 11.8. The average Bonchev–Trinajstić information content (AvgIpc) is 2.68. The number of allylic oxidation sites excluding steroid dienone is 4. The van der Waals surface area contributed by atoms with Crippen molar-refractivity contribution in [2.24, 2.45) is 0 Å². The van der Waals surface area contributed by atoms with Crippen molar-refractivity contribution in [1.29, 1.82) is 0 Å². The molecule has 0 spiro atoms. The zero-order valence-electron chi connectivity index (χ0n) is 14.1. The molecule has 0 aromatic heterocycles. The monoisotopic (exact) mass is 502 g/mol. The Morgan fingerprint density at radius 3 is 1.45 bits per heavy atom. The van der Waals surface area contributed by atoms with Crippen LogP contribution in [0.25, 0.3) is 0 Å². The van der Waals surface area contributed by atoms with Crippen LogP contribution in [0.1, 0.15) is 47.1 Å². The molecule has 0 bridgehead atoms. The summed E-state index contributed by atoms with van der Waals surface area (Å²) >= 11 is -0.889. The van der Waals surface area contributed by atoms with E-state index in [0.29, 0.717) is 0 Å². The van der Waals surface area contributed by atoms with E-state index in [-0.39, 0.29) is 0 Å². The topological polar surface area (TPSA) is 0 Å². The van der Waals surface area contributed by atoms with Gasteiger partial charge in [0.2, 0.25) is 0 Å². The van der Waals surface area contributed by atoms with Crippen molar-refractivity contribution < 1.29 is 17.6 Å². The molecule has 22 heavy (non-hydrogen) atoms. The molecule has 1 aliphatic carbocycles. The molecular weight excluding hydrogens is 480 g/mol. The van der Waals surface area contributed by atoms with Gasteiger partial charge in [-0.25, -0.2) is 0 Å². The van der Waals surface area contributed by atoms with Crippen LogP contribution in [0.5, 0.6) is 0 Å². The molecule has 0 amide bonds. The first-order chi connectivity index (χ1) is 10.4. The molecule has 0 atom stereocenters. The van der Waals surface area contributed by atoms with Crippen molar-refractivity contribution >= 4 is 18.4 Å². The Morgan fingerprint density at radius 1 is 0.773 bits per heavy atom. The summed E-state index contributed by atoms with van der Waals surface area (Å²) in [6.45, 7) is 12.8. The van der Waals surface area contributed by atoms with Gasteiger partial charge in [-0.3, -0.25) is 0 Å². The average molecular weight is 503 g/mol. The summed E-state index contributed by atoms with van der Waals surface area (Å²) in [5.74, 6) is 7.26. The molecule has 1 aromatic carbocycles. The van der Waals surface area contributed by atoms with Crippen LogP contribution >= 0.6 is 18.4 Å². The first-order valence-electron chi connectivity index (χ1n) is 7.00. The minimum absolute atomic E-state index is 0.889. The summed E-state index contributed by atoms with van der Waals surface area (Å²) in [5.41, 5.74) is 6.95. The summed E-state index contributed by atoms with van der Waals surface area (Å²) in [5, 5.41) is 0. The standard InChI is InChI=1S/C10H15.C9H8.2ClH.Ta/c1-6-7(2)9(4)10(5)8(6)3;1-2-6-9-7-4-3-5-8-9;;;/h1-5H3;3-5,7-8H,1H3;2*1H;/q;;;;+2/p-2. The van der Waals surface area contributed by atoms with Crippen molar-refractivity contribution in [3.05, 3.63) is 64.1 Å². The number of halogens is 2. The molecule has 3 heteroatoms. The number of hydrogen-bond donors (Lipinski definition) is 0. The van der Waals surface area contributed by atoms with Gasteiger partial charge in [0.05, 0.1) is 0 Å². The van der Waals surface area contributed by atoms with E-state index in [0.717, 1.165) is 5.56 Å². The minimum atomic E-state index is -0.889.